The first kappa shape index (κ1) is 13.7. The lowest BCUT2D eigenvalue weighted by atomic mass is 10.1. The molecule has 1 aromatic heterocycles. The molecular formula is C16H13IN2S. The summed E-state index contributed by atoms with van der Waals surface area (Å²) in [5.41, 5.74) is 3.43. The minimum Gasteiger partial charge on any atom is -0.231 e. The van der Waals surface area contributed by atoms with Crippen molar-refractivity contribution in [3.63, 3.8) is 0 Å². The molecule has 1 heterocycles. The summed E-state index contributed by atoms with van der Waals surface area (Å²) in [6.07, 6.45) is 2.06. The third kappa shape index (κ3) is 2.50. The summed E-state index contributed by atoms with van der Waals surface area (Å²) in [7, 11) is 0. The maximum absolute atomic E-state index is 4.75. The van der Waals surface area contributed by atoms with Crippen LogP contribution >= 0.6 is 34.4 Å². The third-order valence-electron chi connectivity index (χ3n) is 3.04. The summed E-state index contributed by atoms with van der Waals surface area (Å²) in [5.74, 6) is 0. The van der Waals surface area contributed by atoms with E-state index in [9.17, 15) is 0 Å². The van der Waals surface area contributed by atoms with Gasteiger partial charge in [0.05, 0.1) is 15.0 Å². The van der Waals surface area contributed by atoms with Crippen LogP contribution in [0.2, 0.25) is 0 Å². The molecule has 2 aromatic carbocycles. The fourth-order valence-corrected chi connectivity index (χ4v) is 3.86. The molecule has 3 aromatic rings. The summed E-state index contributed by atoms with van der Waals surface area (Å²) < 4.78 is 3.23. The minimum atomic E-state index is 1.06. The Labute approximate surface area is 136 Å². The average molecular weight is 392 g/mol. The van der Waals surface area contributed by atoms with Gasteiger partial charge in [-0.1, -0.05) is 48.5 Å². The minimum absolute atomic E-state index is 1.06. The van der Waals surface area contributed by atoms with Crippen LogP contribution in [0.5, 0.6) is 0 Å². The van der Waals surface area contributed by atoms with E-state index in [1.807, 2.05) is 28.9 Å². The van der Waals surface area contributed by atoms with Crippen LogP contribution in [-0.4, -0.2) is 16.0 Å². The maximum atomic E-state index is 4.75. The Morgan fingerprint density at radius 1 is 0.950 bits per heavy atom. The Bertz CT molecular complexity index is 708. The van der Waals surface area contributed by atoms with E-state index in [1.54, 1.807) is 11.8 Å². The van der Waals surface area contributed by atoms with E-state index >= 15 is 0 Å². The number of benzene rings is 2. The zero-order chi connectivity index (χ0) is 13.9. The van der Waals surface area contributed by atoms with Crippen LogP contribution < -0.4 is 0 Å². The molecule has 0 spiro atoms. The molecule has 0 aliphatic rings. The summed E-state index contributed by atoms with van der Waals surface area (Å²) in [6.45, 7) is 0. The zero-order valence-electron chi connectivity index (χ0n) is 11.0. The van der Waals surface area contributed by atoms with Gasteiger partial charge in [-0.2, -0.15) is 5.10 Å². The normalized spacial score (nSPS) is 10.7. The van der Waals surface area contributed by atoms with E-state index in [4.69, 9.17) is 5.10 Å². The number of nitrogens with zero attached hydrogens (tertiary/aromatic N) is 2. The van der Waals surface area contributed by atoms with Crippen molar-refractivity contribution in [1.82, 2.24) is 9.78 Å². The molecule has 3 rings (SSSR count). The zero-order valence-corrected chi connectivity index (χ0v) is 13.9. The predicted molar refractivity (Wildman–Crippen MR) is 93.5 cm³/mol. The van der Waals surface area contributed by atoms with Gasteiger partial charge >= 0.3 is 0 Å². The van der Waals surface area contributed by atoms with Gasteiger partial charge in [0.2, 0.25) is 0 Å². The molecular weight excluding hydrogens is 379 g/mol. The quantitative estimate of drug-likeness (QED) is 0.468. The fraction of sp³-hybridized carbons (Fsp3) is 0.0625. The van der Waals surface area contributed by atoms with E-state index in [2.05, 4.69) is 65.2 Å². The maximum Gasteiger partial charge on any atom is 0.132 e. The lowest BCUT2D eigenvalue weighted by molar-refractivity contribution is 0.843. The van der Waals surface area contributed by atoms with Gasteiger partial charge in [0, 0.05) is 5.56 Å². The Morgan fingerprint density at radius 2 is 1.55 bits per heavy atom. The van der Waals surface area contributed by atoms with Gasteiger partial charge in [0.15, 0.2) is 0 Å². The number of para-hydroxylation sites is 1. The van der Waals surface area contributed by atoms with Crippen molar-refractivity contribution in [2.24, 2.45) is 0 Å². The SMILES string of the molecule is CSc1nn(-c2ccccc2)c(-c2ccccc2)c1I. The smallest absolute Gasteiger partial charge is 0.132 e. The van der Waals surface area contributed by atoms with Crippen molar-refractivity contribution in [3.8, 4) is 16.9 Å². The van der Waals surface area contributed by atoms with Gasteiger partial charge < -0.3 is 0 Å². The Kier molecular flexibility index (Phi) is 4.12. The number of halogens is 1. The van der Waals surface area contributed by atoms with Crippen LogP contribution in [0.4, 0.5) is 0 Å². The first-order chi connectivity index (χ1) is 9.81. The highest BCUT2D eigenvalue weighted by Gasteiger charge is 2.17. The second-order valence-corrected chi connectivity index (χ2v) is 6.16. The van der Waals surface area contributed by atoms with E-state index in [0.29, 0.717) is 0 Å². The van der Waals surface area contributed by atoms with Crippen molar-refractivity contribution in [3.05, 3.63) is 64.2 Å². The highest BCUT2D eigenvalue weighted by molar-refractivity contribution is 14.1. The largest absolute Gasteiger partial charge is 0.231 e. The number of aromatic nitrogens is 2. The van der Waals surface area contributed by atoms with Gasteiger partial charge in [-0.05, 0) is 41.0 Å². The summed E-state index contributed by atoms with van der Waals surface area (Å²) in [6, 6.07) is 20.7. The van der Waals surface area contributed by atoms with Crippen LogP contribution in [0.3, 0.4) is 0 Å². The fourth-order valence-electron chi connectivity index (χ4n) is 2.11. The molecule has 0 saturated heterocycles. The lowest BCUT2D eigenvalue weighted by Gasteiger charge is -2.07. The molecule has 2 nitrogen and oxygen atoms in total. The van der Waals surface area contributed by atoms with Gasteiger partial charge in [0.1, 0.15) is 5.03 Å². The first-order valence-corrected chi connectivity index (χ1v) is 8.55. The number of hydrogen-bond donors (Lipinski definition) is 0. The molecule has 0 unspecified atom stereocenters. The molecule has 0 bridgehead atoms. The molecule has 20 heavy (non-hydrogen) atoms. The van der Waals surface area contributed by atoms with Crippen molar-refractivity contribution in [2.75, 3.05) is 6.26 Å². The van der Waals surface area contributed by atoms with E-state index < -0.39 is 0 Å². The second-order valence-electron chi connectivity index (χ2n) is 4.29. The van der Waals surface area contributed by atoms with Crippen molar-refractivity contribution < 1.29 is 0 Å². The summed E-state index contributed by atoms with van der Waals surface area (Å²) >= 11 is 4.07. The highest BCUT2D eigenvalue weighted by Crippen LogP contribution is 2.33. The predicted octanol–water partition coefficient (Wildman–Crippen LogP) is 4.87. The van der Waals surface area contributed by atoms with Crippen LogP contribution in [0.1, 0.15) is 0 Å². The Hall–Kier alpha value is -1.27. The van der Waals surface area contributed by atoms with Crippen molar-refractivity contribution >= 4 is 34.4 Å². The number of rotatable bonds is 3. The van der Waals surface area contributed by atoms with Crippen LogP contribution in [0, 0.1) is 3.57 Å². The molecule has 0 radical (unpaired) electrons. The average Bonchev–Trinajstić information content (AvgIpc) is 2.86. The molecule has 0 amide bonds. The van der Waals surface area contributed by atoms with Gasteiger partial charge in [-0.3, -0.25) is 0 Å². The second kappa shape index (κ2) is 6.01. The van der Waals surface area contributed by atoms with Crippen LogP contribution in [0.25, 0.3) is 16.9 Å². The summed E-state index contributed by atoms with van der Waals surface area (Å²) in [5, 5.41) is 5.81. The molecule has 4 heteroatoms. The molecule has 0 aliphatic heterocycles. The van der Waals surface area contributed by atoms with Crippen molar-refractivity contribution in [2.45, 2.75) is 5.03 Å². The number of hydrogen-bond acceptors (Lipinski definition) is 2. The monoisotopic (exact) mass is 392 g/mol. The third-order valence-corrected chi connectivity index (χ3v) is 5.10. The van der Waals surface area contributed by atoms with Gasteiger partial charge in [-0.25, -0.2) is 4.68 Å². The van der Waals surface area contributed by atoms with E-state index in [1.165, 1.54) is 9.13 Å². The first-order valence-electron chi connectivity index (χ1n) is 6.24. The van der Waals surface area contributed by atoms with E-state index in [0.717, 1.165) is 16.4 Å². The molecule has 0 N–H and O–H groups in total. The summed E-state index contributed by atoms with van der Waals surface area (Å²) in [4.78, 5) is 0. The Morgan fingerprint density at radius 3 is 2.15 bits per heavy atom. The Balaban J connectivity index is 2.25. The number of thioether (sulfide) groups is 1. The lowest BCUT2D eigenvalue weighted by Crippen LogP contribution is -1.99. The standard InChI is InChI=1S/C16H13IN2S/c1-20-16-14(17)15(12-8-4-2-5-9-12)19(18-16)13-10-6-3-7-11-13/h2-11H,1H3. The van der Waals surface area contributed by atoms with Gasteiger partial charge in [0.25, 0.3) is 0 Å². The molecule has 0 saturated carbocycles. The molecule has 0 aliphatic carbocycles. The molecule has 100 valence electrons. The topological polar surface area (TPSA) is 17.8 Å². The molecule has 0 fully saturated rings. The van der Waals surface area contributed by atoms with Crippen LogP contribution in [0.15, 0.2) is 65.7 Å². The molecule has 0 atom stereocenters. The van der Waals surface area contributed by atoms with Crippen molar-refractivity contribution in [1.29, 1.82) is 0 Å². The van der Waals surface area contributed by atoms with E-state index in [-0.39, 0.29) is 0 Å². The highest BCUT2D eigenvalue weighted by atomic mass is 127. The van der Waals surface area contributed by atoms with Gasteiger partial charge in [-0.15, -0.1) is 11.8 Å². The van der Waals surface area contributed by atoms with Crippen LogP contribution in [-0.2, 0) is 0 Å².